The number of halogens is 1. The van der Waals surface area contributed by atoms with Gasteiger partial charge in [0.1, 0.15) is 5.82 Å². The van der Waals surface area contributed by atoms with Gasteiger partial charge in [-0.2, -0.15) is 4.98 Å². The van der Waals surface area contributed by atoms with E-state index >= 15 is 0 Å². The van der Waals surface area contributed by atoms with Crippen molar-refractivity contribution < 1.29 is 4.79 Å². The second-order valence-corrected chi connectivity index (χ2v) is 6.22. The molecule has 3 aromatic heterocycles. The number of pyridine rings is 1. The molecule has 0 radical (unpaired) electrons. The molecule has 1 amide bonds. The second-order valence-electron chi connectivity index (χ2n) is 5.88. The zero-order chi connectivity index (χ0) is 16.7. The molecule has 8 nitrogen and oxygen atoms in total. The zero-order valence-corrected chi connectivity index (χ0v) is 13.9. The minimum atomic E-state index is -0.179. The fraction of sp³-hybridized carbons (Fsp3) is 0.400. The molecule has 3 aromatic rings. The van der Waals surface area contributed by atoms with Crippen LogP contribution in [0.2, 0.25) is 5.28 Å². The van der Waals surface area contributed by atoms with Crippen LogP contribution in [-0.2, 0) is 7.05 Å². The summed E-state index contributed by atoms with van der Waals surface area (Å²) in [7, 11) is 1.66. The van der Waals surface area contributed by atoms with Crippen molar-refractivity contribution >= 4 is 23.2 Å². The van der Waals surface area contributed by atoms with E-state index in [0.717, 1.165) is 24.3 Å². The third-order valence-corrected chi connectivity index (χ3v) is 4.72. The molecule has 0 aliphatic carbocycles. The number of nitrogens with zero attached hydrogens (tertiary/aromatic N) is 7. The Balaban J connectivity index is 1.47. The summed E-state index contributed by atoms with van der Waals surface area (Å²) in [5.41, 5.74) is 0.846. The van der Waals surface area contributed by atoms with Gasteiger partial charge < -0.3 is 4.90 Å². The molecule has 0 atom stereocenters. The van der Waals surface area contributed by atoms with E-state index in [1.165, 1.54) is 4.68 Å². The largest absolute Gasteiger partial charge is 0.336 e. The molecule has 9 heteroatoms. The van der Waals surface area contributed by atoms with Gasteiger partial charge in [-0.05, 0) is 36.6 Å². The molecule has 1 fully saturated rings. The fourth-order valence-corrected chi connectivity index (χ4v) is 3.19. The SMILES string of the molecule is Cn1nc(C(=O)N2CCC(c3nnc4ccccn34)CC2)nc1Cl. The average molecular weight is 346 g/mol. The minimum absolute atomic E-state index is 0.147. The van der Waals surface area contributed by atoms with Crippen molar-refractivity contribution in [1.82, 2.24) is 34.3 Å². The Labute approximate surface area is 143 Å². The van der Waals surface area contributed by atoms with Gasteiger partial charge in [-0.1, -0.05) is 6.07 Å². The molecule has 1 saturated heterocycles. The highest BCUT2D eigenvalue weighted by Crippen LogP contribution is 2.27. The Kier molecular flexibility index (Phi) is 3.68. The summed E-state index contributed by atoms with van der Waals surface area (Å²) in [5.74, 6) is 1.21. The Morgan fingerprint density at radius 1 is 1.25 bits per heavy atom. The molecule has 4 rings (SSSR count). The van der Waals surface area contributed by atoms with Crippen LogP contribution in [0.4, 0.5) is 0 Å². The quantitative estimate of drug-likeness (QED) is 0.703. The molecule has 1 aliphatic rings. The highest BCUT2D eigenvalue weighted by molar-refractivity contribution is 6.28. The number of hydrogen-bond acceptors (Lipinski definition) is 5. The molecule has 0 aromatic carbocycles. The molecule has 0 bridgehead atoms. The van der Waals surface area contributed by atoms with Crippen LogP contribution in [0.3, 0.4) is 0 Å². The first kappa shape index (κ1) is 15.1. The van der Waals surface area contributed by atoms with E-state index in [2.05, 4.69) is 20.3 Å². The first-order valence-corrected chi connectivity index (χ1v) is 8.17. The van der Waals surface area contributed by atoms with Crippen molar-refractivity contribution in [2.24, 2.45) is 7.05 Å². The number of amides is 1. The summed E-state index contributed by atoms with van der Waals surface area (Å²) >= 11 is 5.86. The summed E-state index contributed by atoms with van der Waals surface area (Å²) < 4.78 is 3.41. The lowest BCUT2D eigenvalue weighted by atomic mass is 9.96. The molecule has 0 unspecified atom stereocenters. The van der Waals surface area contributed by atoms with Crippen LogP contribution in [-0.4, -0.2) is 53.3 Å². The molecule has 0 spiro atoms. The summed E-state index contributed by atoms with van der Waals surface area (Å²) in [6.45, 7) is 1.28. The molecule has 24 heavy (non-hydrogen) atoms. The predicted octanol–water partition coefficient (Wildman–Crippen LogP) is 1.53. The maximum absolute atomic E-state index is 12.5. The standard InChI is InChI=1S/C15H16ClN7O/c1-21-15(16)17-12(20-21)14(24)22-8-5-10(6-9-22)13-19-18-11-4-2-3-7-23(11)13/h2-4,7,10H,5-6,8-9H2,1H3. The molecule has 1 aliphatic heterocycles. The average Bonchev–Trinajstić information content (AvgIpc) is 3.18. The van der Waals surface area contributed by atoms with Crippen LogP contribution < -0.4 is 0 Å². The number of rotatable bonds is 2. The number of aryl methyl sites for hydroxylation is 1. The van der Waals surface area contributed by atoms with Crippen molar-refractivity contribution in [3.63, 3.8) is 0 Å². The molecule has 0 saturated carbocycles. The van der Waals surface area contributed by atoms with E-state index in [1.54, 1.807) is 11.9 Å². The van der Waals surface area contributed by atoms with Gasteiger partial charge in [0.2, 0.25) is 11.1 Å². The first-order valence-electron chi connectivity index (χ1n) is 7.79. The number of piperidine rings is 1. The molecule has 124 valence electrons. The summed E-state index contributed by atoms with van der Waals surface area (Å²) in [5, 5.41) is 12.8. The first-order chi connectivity index (χ1) is 11.6. The molecular weight excluding hydrogens is 330 g/mol. The normalized spacial score (nSPS) is 16.0. The third kappa shape index (κ3) is 2.52. The monoisotopic (exact) mass is 345 g/mol. The van der Waals surface area contributed by atoms with Crippen LogP contribution in [0.25, 0.3) is 5.65 Å². The maximum atomic E-state index is 12.5. The lowest BCUT2D eigenvalue weighted by Gasteiger charge is -2.30. The molecular formula is C15H16ClN7O. The van der Waals surface area contributed by atoms with Crippen LogP contribution in [0.1, 0.15) is 35.2 Å². The van der Waals surface area contributed by atoms with E-state index < -0.39 is 0 Å². The van der Waals surface area contributed by atoms with Gasteiger partial charge in [0.25, 0.3) is 5.91 Å². The van der Waals surface area contributed by atoms with Gasteiger partial charge in [0.05, 0.1) is 0 Å². The van der Waals surface area contributed by atoms with Gasteiger partial charge in [0, 0.05) is 32.3 Å². The van der Waals surface area contributed by atoms with Gasteiger partial charge >= 0.3 is 0 Å². The van der Waals surface area contributed by atoms with Crippen molar-refractivity contribution in [1.29, 1.82) is 0 Å². The van der Waals surface area contributed by atoms with E-state index in [9.17, 15) is 4.79 Å². The topological polar surface area (TPSA) is 81.2 Å². The van der Waals surface area contributed by atoms with Crippen LogP contribution in [0.15, 0.2) is 24.4 Å². The lowest BCUT2D eigenvalue weighted by Crippen LogP contribution is -2.38. The predicted molar refractivity (Wildman–Crippen MR) is 86.9 cm³/mol. The van der Waals surface area contributed by atoms with Crippen molar-refractivity contribution in [2.45, 2.75) is 18.8 Å². The number of carbonyl (C=O) groups excluding carboxylic acids is 1. The Hall–Kier alpha value is -2.48. The number of likely N-dealkylation sites (tertiary alicyclic amines) is 1. The Morgan fingerprint density at radius 3 is 2.75 bits per heavy atom. The summed E-state index contributed by atoms with van der Waals surface area (Å²) in [6, 6.07) is 5.85. The minimum Gasteiger partial charge on any atom is -0.336 e. The van der Waals surface area contributed by atoms with Crippen molar-refractivity contribution in [2.75, 3.05) is 13.1 Å². The number of hydrogen-bond donors (Lipinski definition) is 0. The van der Waals surface area contributed by atoms with Crippen LogP contribution in [0, 0.1) is 0 Å². The summed E-state index contributed by atoms with van der Waals surface area (Å²) in [4.78, 5) is 18.2. The Bertz CT molecular complexity index is 875. The van der Waals surface area contributed by atoms with Gasteiger partial charge in [0.15, 0.2) is 5.65 Å². The highest BCUT2D eigenvalue weighted by Gasteiger charge is 2.29. The van der Waals surface area contributed by atoms with E-state index in [1.807, 2.05) is 28.8 Å². The van der Waals surface area contributed by atoms with E-state index in [-0.39, 0.29) is 22.9 Å². The van der Waals surface area contributed by atoms with Crippen LogP contribution >= 0.6 is 11.6 Å². The van der Waals surface area contributed by atoms with Gasteiger partial charge in [-0.25, -0.2) is 4.68 Å². The smallest absolute Gasteiger partial charge is 0.293 e. The number of aromatic nitrogens is 6. The summed E-state index contributed by atoms with van der Waals surface area (Å²) in [6.07, 6.45) is 3.64. The van der Waals surface area contributed by atoms with Crippen molar-refractivity contribution in [3.05, 3.63) is 41.3 Å². The van der Waals surface area contributed by atoms with Crippen molar-refractivity contribution in [3.8, 4) is 0 Å². The van der Waals surface area contributed by atoms with Gasteiger partial charge in [-0.15, -0.1) is 15.3 Å². The van der Waals surface area contributed by atoms with E-state index in [0.29, 0.717) is 13.1 Å². The second kappa shape index (κ2) is 5.86. The molecule has 0 N–H and O–H groups in total. The Morgan fingerprint density at radius 2 is 2.04 bits per heavy atom. The number of fused-ring (bicyclic) bond motifs is 1. The number of carbonyl (C=O) groups is 1. The maximum Gasteiger partial charge on any atom is 0.293 e. The third-order valence-electron chi connectivity index (χ3n) is 4.39. The van der Waals surface area contributed by atoms with E-state index in [4.69, 9.17) is 11.6 Å². The molecule has 4 heterocycles. The fourth-order valence-electron chi connectivity index (χ4n) is 3.08. The highest BCUT2D eigenvalue weighted by atomic mass is 35.5. The van der Waals surface area contributed by atoms with Crippen LogP contribution in [0.5, 0.6) is 0 Å². The van der Waals surface area contributed by atoms with Gasteiger partial charge in [-0.3, -0.25) is 9.20 Å². The lowest BCUT2D eigenvalue weighted by molar-refractivity contribution is 0.0698. The zero-order valence-electron chi connectivity index (χ0n) is 13.1.